The van der Waals surface area contributed by atoms with Gasteiger partial charge >= 0.3 is 5.97 Å². The number of aromatic carboxylic acids is 1. The van der Waals surface area contributed by atoms with Crippen LogP contribution in [0.25, 0.3) is 0 Å². The van der Waals surface area contributed by atoms with Gasteiger partial charge in [0.1, 0.15) is 11.5 Å². The van der Waals surface area contributed by atoms with Crippen molar-refractivity contribution in [3.8, 4) is 11.5 Å². The van der Waals surface area contributed by atoms with Crippen LogP contribution in [0.3, 0.4) is 0 Å². The molecule has 3 aromatic rings. The Morgan fingerprint density at radius 1 is 0.906 bits per heavy atom. The summed E-state index contributed by atoms with van der Waals surface area (Å²) in [6.07, 6.45) is 0. The smallest absolute Gasteiger partial charge is 0.335 e. The van der Waals surface area contributed by atoms with Gasteiger partial charge in [0.05, 0.1) is 10.5 Å². The lowest BCUT2D eigenvalue weighted by Gasteiger charge is -2.10. The van der Waals surface area contributed by atoms with Gasteiger partial charge in [-0.2, -0.15) is 0 Å². The average Bonchev–Trinajstić information content (AvgIpc) is 2.75. The summed E-state index contributed by atoms with van der Waals surface area (Å²) in [5.41, 5.74) is 2.87. The zero-order chi connectivity index (χ0) is 23.3. The van der Waals surface area contributed by atoms with Gasteiger partial charge in [-0.3, -0.25) is 0 Å². The third-order valence-electron chi connectivity index (χ3n) is 4.95. The minimum atomic E-state index is -3.78. The van der Waals surface area contributed by atoms with E-state index in [-0.39, 0.29) is 17.0 Å². The van der Waals surface area contributed by atoms with E-state index in [1.807, 2.05) is 49.4 Å². The number of carboxylic acids is 1. The van der Waals surface area contributed by atoms with E-state index in [1.54, 1.807) is 6.92 Å². The van der Waals surface area contributed by atoms with Gasteiger partial charge in [0.25, 0.3) is 0 Å². The number of carboxylic acid groups (broad SMARTS) is 1. The second-order valence-corrected chi connectivity index (χ2v) is 10.3. The monoisotopic (exact) mass is 471 g/mol. The summed E-state index contributed by atoms with van der Waals surface area (Å²) in [7, 11) is -3.78. The minimum Gasteiger partial charge on any atom is -0.478 e. The summed E-state index contributed by atoms with van der Waals surface area (Å²) in [6.45, 7) is 5.94. The second kappa shape index (κ2) is 10.2. The second-order valence-electron chi connectivity index (χ2n) is 7.35. The van der Waals surface area contributed by atoms with Crippen molar-refractivity contribution in [1.29, 1.82) is 0 Å². The molecule has 0 aromatic heterocycles. The van der Waals surface area contributed by atoms with E-state index in [0.717, 1.165) is 16.4 Å². The van der Waals surface area contributed by atoms with E-state index in [2.05, 4.69) is 11.6 Å². The third-order valence-corrected chi connectivity index (χ3v) is 7.42. The third kappa shape index (κ3) is 6.12. The quantitative estimate of drug-likeness (QED) is 0.330. The average molecular weight is 472 g/mol. The first-order valence-corrected chi connectivity index (χ1v) is 12.4. The Labute approximate surface area is 192 Å². The van der Waals surface area contributed by atoms with Gasteiger partial charge in [-0.25, -0.2) is 17.9 Å². The Kier molecular flexibility index (Phi) is 7.60. The van der Waals surface area contributed by atoms with Gasteiger partial charge < -0.3 is 9.84 Å². The summed E-state index contributed by atoms with van der Waals surface area (Å²) in [5, 5.41) is 9.19. The van der Waals surface area contributed by atoms with Crippen LogP contribution in [0.5, 0.6) is 11.5 Å². The summed E-state index contributed by atoms with van der Waals surface area (Å²) in [4.78, 5) is 12.2. The largest absolute Gasteiger partial charge is 0.478 e. The highest BCUT2D eigenvalue weighted by Gasteiger charge is 2.17. The number of hydrogen-bond donors (Lipinski definition) is 2. The standard InChI is InChI=1S/C24H25NO5S2/c1-16-4-6-20(14-18(16)3)30-19-7-9-21(10-8-19)31-13-12-25-32(28,29)22-11-5-17(2)23(15-22)24(26)27/h4-11,14-15,25H,12-13H2,1-3H3,(H,26,27). The fraction of sp³-hybridized carbons (Fsp3) is 0.208. The Hall–Kier alpha value is -2.81. The molecule has 0 amide bonds. The molecule has 0 aliphatic carbocycles. The Bertz CT molecular complexity index is 1220. The van der Waals surface area contributed by atoms with Crippen LogP contribution in [0, 0.1) is 20.8 Å². The van der Waals surface area contributed by atoms with Gasteiger partial charge in [0, 0.05) is 17.2 Å². The number of carbonyl (C=O) groups is 1. The summed E-state index contributed by atoms with van der Waals surface area (Å²) in [5.74, 6) is 0.880. The van der Waals surface area contributed by atoms with Crippen molar-refractivity contribution in [3.63, 3.8) is 0 Å². The number of thioether (sulfide) groups is 1. The number of benzene rings is 3. The molecule has 6 nitrogen and oxygen atoms in total. The predicted molar refractivity (Wildman–Crippen MR) is 126 cm³/mol. The van der Waals surface area contributed by atoms with E-state index >= 15 is 0 Å². The number of nitrogens with one attached hydrogen (secondary N) is 1. The van der Waals surface area contributed by atoms with Crippen LogP contribution in [0.2, 0.25) is 0 Å². The summed E-state index contributed by atoms with van der Waals surface area (Å²) < 4.78 is 33.3. The van der Waals surface area contributed by atoms with Crippen LogP contribution in [0.1, 0.15) is 27.0 Å². The highest BCUT2D eigenvalue weighted by atomic mass is 32.2. The molecular formula is C24H25NO5S2. The van der Waals surface area contributed by atoms with Gasteiger partial charge in [-0.15, -0.1) is 11.8 Å². The van der Waals surface area contributed by atoms with Gasteiger partial charge in [0.2, 0.25) is 10.0 Å². The Balaban J connectivity index is 1.52. The van der Waals surface area contributed by atoms with Crippen molar-refractivity contribution in [1.82, 2.24) is 4.72 Å². The van der Waals surface area contributed by atoms with Crippen LogP contribution >= 0.6 is 11.8 Å². The molecule has 0 aliphatic heterocycles. The zero-order valence-electron chi connectivity index (χ0n) is 18.1. The number of ether oxygens (including phenoxy) is 1. The zero-order valence-corrected chi connectivity index (χ0v) is 19.7. The Morgan fingerprint density at radius 3 is 2.22 bits per heavy atom. The number of rotatable bonds is 9. The van der Waals surface area contributed by atoms with Crippen molar-refractivity contribution in [2.24, 2.45) is 0 Å². The summed E-state index contributed by atoms with van der Waals surface area (Å²) in [6, 6.07) is 17.6. The highest BCUT2D eigenvalue weighted by molar-refractivity contribution is 7.99. The number of sulfonamides is 1. The molecule has 0 atom stereocenters. The van der Waals surface area contributed by atoms with E-state index in [4.69, 9.17) is 4.74 Å². The van der Waals surface area contributed by atoms with Crippen LogP contribution in [0.4, 0.5) is 0 Å². The number of aryl methyl sites for hydroxylation is 3. The number of hydrogen-bond acceptors (Lipinski definition) is 5. The molecule has 2 N–H and O–H groups in total. The lowest BCUT2D eigenvalue weighted by atomic mass is 10.1. The molecule has 0 radical (unpaired) electrons. The van der Waals surface area contributed by atoms with Gasteiger partial charge in [0.15, 0.2) is 0 Å². The summed E-state index contributed by atoms with van der Waals surface area (Å²) >= 11 is 1.51. The lowest BCUT2D eigenvalue weighted by molar-refractivity contribution is 0.0696. The molecule has 0 saturated carbocycles. The Morgan fingerprint density at radius 2 is 1.56 bits per heavy atom. The van der Waals surface area contributed by atoms with E-state index in [1.165, 1.54) is 41.1 Å². The molecule has 168 valence electrons. The topological polar surface area (TPSA) is 92.7 Å². The molecule has 8 heteroatoms. The molecule has 32 heavy (non-hydrogen) atoms. The molecule has 3 aromatic carbocycles. The minimum absolute atomic E-state index is 0.0228. The SMILES string of the molecule is Cc1ccc(Oc2ccc(SCCNS(=O)(=O)c3ccc(C)c(C(=O)O)c3)cc2)cc1C. The normalized spacial score (nSPS) is 11.3. The first-order valence-electron chi connectivity index (χ1n) is 9.97. The molecule has 0 fully saturated rings. The van der Waals surface area contributed by atoms with Crippen molar-refractivity contribution in [2.75, 3.05) is 12.3 Å². The van der Waals surface area contributed by atoms with Crippen LogP contribution < -0.4 is 9.46 Å². The van der Waals surface area contributed by atoms with Crippen molar-refractivity contribution < 1.29 is 23.1 Å². The predicted octanol–water partition coefficient (Wildman–Crippen LogP) is 5.17. The van der Waals surface area contributed by atoms with Crippen LogP contribution in [-0.4, -0.2) is 31.8 Å². The molecule has 0 saturated heterocycles. The first-order chi connectivity index (χ1) is 15.2. The fourth-order valence-corrected chi connectivity index (χ4v) is 4.90. The maximum atomic E-state index is 12.5. The molecular weight excluding hydrogens is 446 g/mol. The van der Waals surface area contributed by atoms with Crippen LogP contribution in [-0.2, 0) is 10.0 Å². The van der Waals surface area contributed by atoms with E-state index < -0.39 is 16.0 Å². The van der Waals surface area contributed by atoms with Crippen molar-refractivity contribution in [2.45, 2.75) is 30.6 Å². The van der Waals surface area contributed by atoms with Crippen LogP contribution in [0.15, 0.2) is 70.5 Å². The maximum Gasteiger partial charge on any atom is 0.335 e. The highest BCUT2D eigenvalue weighted by Crippen LogP contribution is 2.26. The molecule has 0 heterocycles. The lowest BCUT2D eigenvalue weighted by Crippen LogP contribution is -2.26. The van der Waals surface area contributed by atoms with Crippen molar-refractivity contribution >= 4 is 27.8 Å². The molecule has 0 aliphatic rings. The van der Waals surface area contributed by atoms with Crippen molar-refractivity contribution in [3.05, 3.63) is 82.9 Å². The molecule has 3 rings (SSSR count). The van der Waals surface area contributed by atoms with E-state index in [9.17, 15) is 18.3 Å². The molecule has 0 bridgehead atoms. The maximum absolute atomic E-state index is 12.5. The van der Waals surface area contributed by atoms with E-state index in [0.29, 0.717) is 11.3 Å². The first kappa shape index (κ1) is 23.8. The molecule has 0 spiro atoms. The molecule has 0 unspecified atom stereocenters. The van der Waals surface area contributed by atoms with Gasteiger partial charge in [-0.1, -0.05) is 12.1 Å². The fourth-order valence-electron chi connectivity index (χ4n) is 2.94. The van der Waals surface area contributed by atoms with Gasteiger partial charge in [-0.05, 0) is 86.0 Å².